The molecule has 0 heterocycles. The SMILES string of the molecule is O=C1C=C[C@@H]2[C@@H]3c4ccccc4[C@@H]1[C@@H]23. The van der Waals surface area contributed by atoms with Crippen LogP contribution in [0.25, 0.3) is 0 Å². The molecule has 1 aromatic rings. The lowest BCUT2D eigenvalue weighted by molar-refractivity contribution is -0.116. The fourth-order valence-corrected chi connectivity index (χ4v) is 3.41. The Kier molecular flexibility index (Phi) is 0.999. The van der Waals surface area contributed by atoms with E-state index in [-0.39, 0.29) is 5.92 Å². The van der Waals surface area contributed by atoms with Crippen molar-refractivity contribution in [2.24, 2.45) is 11.8 Å². The number of allylic oxidation sites excluding steroid dienone is 2. The molecule has 0 spiro atoms. The zero-order chi connectivity index (χ0) is 9.28. The van der Waals surface area contributed by atoms with Crippen molar-refractivity contribution in [3.05, 3.63) is 47.5 Å². The van der Waals surface area contributed by atoms with Gasteiger partial charge in [-0.2, -0.15) is 0 Å². The summed E-state index contributed by atoms with van der Waals surface area (Å²) in [6.45, 7) is 0. The predicted molar refractivity (Wildman–Crippen MR) is 53.1 cm³/mol. The second kappa shape index (κ2) is 2.00. The van der Waals surface area contributed by atoms with Crippen LogP contribution < -0.4 is 0 Å². The Labute approximate surface area is 82.4 Å². The molecule has 1 saturated carbocycles. The summed E-state index contributed by atoms with van der Waals surface area (Å²) in [6.07, 6.45) is 3.91. The number of rotatable bonds is 0. The number of carbonyl (C=O) groups excluding carboxylic acids is 1. The summed E-state index contributed by atoms with van der Waals surface area (Å²) in [5, 5.41) is 0. The topological polar surface area (TPSA) is 17.1 Å². The average molecular weight is 182 g/mol. The molecule has 14 heavy (non-hydrogen) atoms. The predicted octanol–water partition coefficient (Wildman–Crippen LogP) is 2.25. The number of carbonyl (C=O) groups is 1. The molecule has 1 nitrogen and oxygen atoms in total. The summed E-state index contributed by atoms with van der Waals surface area (Å²) in [5.41, 5.74) is 2.73. The lowest BCUT2D eigenvalue weighted by Crippen LogP contribution is -2.15. The summed E-state index contributed by atoms with van der Waals surface area (Å²) in [6, 6.07) is 8.45. The van der Waals surface area contributed by atoms with Crippen molar-refractivity contribution in [2.75, 3.05) is 0 Å². The van der Waals surface area contributed by atoms with Crippen LogP contribution in [-0.4, -0.2) is 5.78 Å². The normalized spacial score (nSPS) is 40.7. The Balaban J connectivity index is 2.00. The van der Waals surface area contributed by atoms with Gasteiger partial charge in [-0.3, -0.25) is 4.79 Å². The van der Waals surface area contributed by atoms with E-state index in [2.05, 4.69) is 24.3 Å². The first-order chi connectivity index (χ1) is 6.88. The second-order valence-corrected chi connectivity index (χ2v) is 4.55. The second-order valence-electron chi connectivity index (χ2n) is 4.55. The smallest absolute Gasteiger partial charge is 0.163 e. The van der Waals surface area contributed by atoms with Gasteiger partial charge < -0.3 is 0 Å². The maximum atomic E-state index is 11.8. The maximum absolute atomic E-state index is 11.8. The highest BCUT2D eigenvalue weighted by Crippen LogP contribution is 2.69. The molecule has 0 aromatic heterocycles. The van der Waals surface area contributed by atoms with Gasteiger partial charge in [-0.25, -0.2) is 0 Å². The summed E-state index contributed by atoms with van der Waals surface area (Å²) >= 11 is 0. The average Bonchev–Trinajstić information content (AvgIpc) is 2.81. The van der Waals surface area contributed by atoms with Crippen molar-refractivity contribution >= 4 is 5.78 Å². The van der Waals surface area contributed by atoms with E-state index < -0.39 is 0 Å². The first-order valence-electron chi connectivity index (χ1n) is 5.19. The molecule has 3 aliphatic rings. The number of benzene rings is 1. The minimum absolute atomic E-state index is 0.200. The van der Waals surface area contributed by atoms with Crippen LogP contribution in [0.15, 0.2) is 36.4 Å². The molecule has 1 fully saturated rings. The first-order valence-corrected chi connectivity index (χ1v) is 5.19. The summed E-state index contributed by atoms with van der Waals surface area (Å²) in [4.78, 5) is 11.8. The highest BCUT2D eigenvalue weighted by atomic mass is 16.1. The number of hydrogen-bond acceptors (Lipinski definition) is 1. The Morgan fingerprint density at radius 2 is 1.86 bits per heavy atom. The minimum Gasteiger partial charge on any atom is -0.294 e. The number of fused-ring (bicyclic) bond motifs is 4. The molecule has 3 aliphatic carbocycles. The molecule has 1 aromatic carbocycles. The Hall–Kier alpha value is -1.37. The van der Waals surface area contributed by atoms with Gasteiger partial charge in [0.15, 0.2) is 5.78 Å². The minimum atomic E-state index is 0.200. The molecule has 0 saturated heterocycles. The fraction of sp³-hybridized carbons (Fsp3) is 0.308. The Morgan fingerprint density at radius 3 is 2.71 bits per heavy atom. The van der Waals surface area contributed by atoms with Gasteiger partial charge in [0.1, 0.15) is 0 Å². The van der Waals surface area contributed by atoms with Gasteiger partial charge in [0.2, 0.25) is 0 Å². The molecule has 0 bridgehead atoms. The van der Waals surface area contributed by atoms with Crippen LogP contribution in [0.2, 0.25) is 0 Å². The zero-order valence-electron chi connectivity index (χ0n) is 7.68. The molecular weight excluding hydrogens is 172 g/mol. The van der Waals surface area contributed by atoms with Gasteiger partial charge in [0.05, 0.1) is 5.92 Å². The largest absolute Gasteiger partial charge is 0.294 e. The standard InChI is InChI=1S/C13H10O/c14-10-6-5-9-11-7-3-1-2-4-8(7)12(10)13(9)11/h1-6,9,11-13H/t9-,11+,12+,13+/m1/s1. The Morgan fingerprint density at radius 1 is 1.07 bits per heavy atom. The zero-order valence-corrected chi connectivity index (χ0v) is 7.68. The molecule has 4 atom stereocenters. The molecule has 0 amide bonds. The molecule has 68 valence electrons. The van der Waals surface area contributed by atoms with E-state index in [0.717, 1.165) is 0 Å². The van der Waals surface area contributed by atoms with Crippen LogP contribution >= 0.6 is 0 Å². The summed E-state index contributed by atoms with van der Waals surface area (Å²) in [7, 11) is 0. The van der Waals surface area contributed by atoms with Crippen LogP contribution in [0.5, 0.6) is 0 Å². The molecular formula is C13H10O. The van der Waals surface area contributed by atoms with E-state index in [0.29, 0.717) is 23.5 Å². The fourth-order valence-electron chi connectivity index (χ4n) is 3.41. The van der Waals surface area contributed by atoms with E-state index in [4.69, 9.17) is 0 Å². The van der Waals surface area contributed by atoms with E-state index in [1.807, 2.05) is 6.07 Å². The van der Waals surface area contributed by atoms with Crippen LogP contribution in [0.3, 0.4) is 0 Å². The van der Waals surface area contributed by atoms with Crippen molar-refractivity contribution in [3.8, 4) is 0 Å². The van der Waals surface area contributed by atoms with Gasteiger partial charge >= 0.3 is 0 Å². The van der Waals surface area contributed by atoms with Crippen molar-refractivity contribution in [3.63, 3.8) is 0 Å². The first kappa shape index (κ1) is 6.99. The van der Waals surface area contributed by atoms with Gasteiger partial charge in [-0.05, 0) is 35.0 Å². The highest BCUT2D eigenvalue weighted by molar-refractivity contribution is 5.99. The molecule has 0 radical (unpaired) electrons. The van der Waals surface area contributed by atoms with E-state index in [1.165, 1.54) is 11.1 Å². The molecule has 0 N–H and O–H groups in total. The van der Waals surface area contributed by atoms with E-state index in [1.54, 1.807) is 6.08 Å². The summed E-state index contributed by atoms with van der Waals surface area (Å²) < 4.78 is 0. The monoisotopic (exact) mass is 182 g/mol. The van der Waals surface area contributed by atoms with Crippen molar-refractivity contribution in [1.29, 1.82) is 0 Å². The van der Waals surface area contributed by atoms with E-state index in [9.17, 15) is 4.79 Å². The lowest BCUT2D eigenvalue weighted by atomic mass is 9.86. The third-order valence-electron chi connectivity index (χ3n) is 4.00. The quantitative estimate of drug-likeness (QED) is 0.601. The molecule has 0 aliphatic heterocycles. The van der Waals surface area contributed by atoms with Crippen molar-refractivity contribution < 1.29 is 4.79 Å². The maximum Gasteiger partial charge on any atom is 0.163 e. The van der Waals surface area contributed by atoms with Crippen molar-refractivity contribution in [1.82, 2.24) is 0 Å². The number of hydrogen-bond donors (Lipinski definition) is 0. The van der Waals surface area contributed by atoms with Gasteiger partial charge in [0.25, 0.3) is 0 Å². The number of ketones is 1. The van der Waals surface area contributed by atoms with Crippen LogP contribution in [0.1, 0.15) is 23.0 Å². The molecule has 4 rings (SSSR count). The van der Waals surface area contributed by atoms with Crippen molar-refractivity contribution in [2.45, 2.75) is 11.8 Å². The molecule has 0 unspecified atom stereocenters. The van der Waals surface area contributed by atoms with Gasteiger partial charge in [-0.1, -0.05) is 30.3 Å². The third-order valence-corrected chi connectivity index (χ3v) is 4.00. The van der Waals surface area contributed by atoms with Gasteiger partial charge in [-0.15, -0.1) is 0 Å². The van der Waals surface area contributed by atoms with Crippen LogP contribution in [0.4, 0.5) is 0 Å². The third kappa shape index (κ3) is 0.597. The Bertz CT molecular complexity index is 472. The highest BCUT2D eigenvalue weighted by Gasteiger charge is 2.62. The van der Waals surface area contributed by atoms with Crippen LogP contribution in [0, 0.1) is 11.8 Å². The van der Waals surface area contributed by atoms with Gasteiger partial charge in [0, 0.05) is 0 Å². The molecule has 1 heteroatoms. The van der Waals surface area contributed by atoms with E-state index >= 15 is 0 Å². The lowest BCUT2D eigenvalue weighted by Gasteiger charge is -2.16. The summed E-state index contributed by atoms with van der Waals surface area (Å²) in [5.74, 6) is 2.47. The van der Waals surface area contributed by atoms with Crippen LogP contribution in [-0.2, 0) is 4.79 Å².